The molecule has 1 aliphatic heterocycles. The van der Waals surface area contributed by atoms with Crippen molar-refractivity contribution in [1.29, 1.82) is 0 Å². The molecule has 3 aromatic rings. The summed E-state index contributed by atoms with van der Waals surface area (Å²) in [7, 11) is 3.15. The van der Waals surface area contributed by atoms with Gasteiger partial charge in [-0.3, -0.25) is 14.9 Å². The Hall–Kier alpha value is -3.33. The van der Waals surface area contributed by atoms with E-state index in [1.54, 1.807) is 26.4 Å². The van der Waals surface area contributed by atoms with Crippen molar-refractivity contribution in [2.75, 3.05) is 26.1 Å². The summed E-state index contributed by atoms with van der Waals surface area (Å²) in [6.45, 7) is 1.08. The molecule has 0 atom stereocenters. The number of thiazole rings is 1. The first kappa shape index (κ1) is 20.0. The van der Waals surface area contributed by atoms with Crippen LogP contribution in [0.3, 0.4) is 0 Å². The lowest BCUT2D eigenvalue weighted by Crippen LogP contribution is -2.36. The van der Waals surface area contributed by atoms with Crippen molar-refractivity contribution in [3.63, 3.8) is 0 Å². The lowest BCUT2D eigenvalue weighted by atomic mass is 10.1. The number of aromatic nitrogens is 1. The SMILES string of the molecule is COc1ccc(CC(=O)N2CCc3nc(NC(=O)c4ccoc4)sc3C2)cc1OC. The van der Waals surface area contributed by atoms with Gasteiger partial charge >= 0.3 is 0 Å². The number of carbonyl (C=O) groups excluding carboxylic acids is 2. The minimum Gasteiger partial charge on any atom is -0.493 e. The molecule has 4 rings (SSSR count). The van der Waals surface area contributed by atoms with Crippen LogP contribution in [0.25, 0.3) is 0 Å². The molecule has 0 bridgehead atoms. The zero-order valence-corrected chi connectivity index (χ0v) is 17.5. The molecule has 2 aromatic heterocycles. The third-order valence-electron chi connectivity index (χ3n) is 4.89. The maximum Gasteiger partial charge on any atom is 0.260 e. The molecule has 1 N–H and O–H groups in total. The van der Waals surface area contributed by atoms with Crippen molar-refractivity contribution < 1.29 is 23.5 Å². The van der Waals surface area contributed by atoms with Gasteiger partial charge in [0.1, 0.15) is 6.26 Å². The Morgan fingerprint density at radius 1 is 1.23 bits per heavy atom. The van der Waals surface area contributed by atoms with Crippen molar-refractivity contribution in [2.24, 2.45) is 0 Å². The number of anilines is 1. The van der Waals surface area contributed by atoms with E-state index >= 15 is 0 Å². The monoisotopic (exact) mass is 427 g/mol. The molecule has 9 heteroatoms. The lowest BCUT2D eigenvalue weighted by Gasteiger charge is -2.26. The Labute approximate surface area is 177 Å². The number of nitrogens with zero attached hydrogens (tertiary/aromatic N) is 2. The highest BCUT2D eigenvalue weighted by Crippen LogP contribution is 2.30. The molecule has 0 unspecified atom stereocenters. The van der Waals surface area contributed by atoms with Crippen molar-refractivity contribution in [1.82, 2.24) is 9.88 Å². The number of nitrogens with one attached hydrogen (secondary N) is 1. The van der Waals surface area contributed by atoms with Gasteiger partial charge in [-0.2, -0.15) is 0 Å². The second kappa shape index (κ2) is 8.58. The maximum absolute atomic E-state index is 12.8. The van der Waals surface area contributed by atoms with Gasteiger partial charge in [0, 0.05) is 17.8 Å². The third kappa shape index (κ3) is 4.16. The van der Waals surface area contributed by atoms with Gasteiger partial charge in [-0.15, -0.1) is 0 Å². The standard InChI is InChI=1S/C21H21N3O5S/c1-27-16-4-3-13(9-17(16)28-2)10-19(25)24-7-5-15-18(11-24)30-21(22-15)23-20(26)14-6-8-29-12-14/h3-4,6,8-9,12H,5,7,10-11H2,1-2H3,(H,22,23,26). The van der Waals surface area contributed by atoms with Crippen molar-refractivity contribution in [2.45, 2.75) is 19.4 Å². The van der Waals surface area contributed by atoms with Crippen LogP contribution in [-0.2, 0) is 24.2 Å². The molecule has 0 fully saturated rings. The summed E-state index contributed by atoms with van der Waals surface area (Å²) in [6, 6.07) is 7.08. The van der Waals surface area contributed by atoms with E-state index in [2.05, 4.69) is 10.3 Å². The van der Waals surface area contributed by atoms with E-state index < -0.39 is 0 Å². The van der Waals surface area contributed by atoms with Gasteiger partial charge < -0.3 is 18.8 Å². The Morgan fingerprint density at radius 2 is 2.07 bits per heavy atom. The highest BCUT2D eigenvalue weighted by molar-refractivity contribution is 7.15. The number of carbonyl (C=O) groups is 2. The molecule has 0 radical (unpaired) electrons. The van der Waals surface area contributed by atoms with Gasteiger partial charge in [0.2, 0.25) is 5.91 Å². The Balaban J connectivity index is 1.41. The van der Waals surface area contributed by atoms with E-state index in [4.69, 9.17) is 13.9 Å². The topological polar surface area (TPSA) is 93.9 Å². The van der Waals surface area contributed by atoms with E-state index in [0.717, 1.165) is 16.1 Å². The number of fused-ring (bicyclic) bond motifs is 1. The molecule has 8 nitrogen and oxygen atoms in total. The van der Waals surface area contributed by atoms with Crippen molar-refractivity contribution >= 4 is 28.3 Å². The van der Waals surface area contributed by atoms with Crippen molar-refractivity contribution in [3.05, 3.63) is 58.5 Å². The third-order valence-corrected chi connectivity index (χ3v) is 5.89. The average Bonchev–Trinajstić information content (AvgIpc) is 3.42. The number of methoxy groups -OCH3 is 2. The van der Waals surface area contributed by atoms with E-state index in [1.807, 2.05) is 17.0 Å². The number of furan rings is 1. The minimum atomic E-state index is -0.267. The lowest BCUT2D eigenvalue weighted by molar-refractivity contribution is -0.131. The first-order valence-electron chi connectivity index (χ1n) is 9.38. The summed E-state index contributed by atoms with van der Waals surface area (Å²) >= 11 is 1.40. The molecule has 1 aromatic carbocycles. The molecule has 156 valence electrons. The molecule has 0 saturated carbocycles. The first-order chi connectivity index (χ1) is 14.6. The van der Waals surface area contributed by atoms with Gasteiger partial charge in [-0.25, -0.2) is 4.98 Å². The molecule has 30 heavy (non-hydrogen) atoms. The predicted octanol–water partition coefficient (Wildman–Crippen LogP) is 3.13. The first-order valence-corrected chi connectivity index (χ1v) is 10.2. The molecular formula is C21H21N3O5S. The fourth-order valence-corrected chi connectivity index (χ4v) is 4.32. The second-order valence-electron chi connectivity index (χ2n) is 6.79. The number of ether oxygens (including phenoxy) is 2. The number of hydrogen-bond donors (Lipinski definition) is 1. The molecule has 0 aliphatic carbocycles. The van der Waals surface area contributed by atoms with Crippen LogP contribution in [0.2, 0.25) is 0 Å². The largest absolute Gasteiger partial charge is 0.493 e. The van der Waals surface area contributed by atoms with Crippen LogP contribution >= 0.6 is 11.3 Å². The number of amides is 2. The van der Waals surface area contributed by atoms with Crippen LogP contribution in [0, 0.1) is 0 Å². The molecular weight excluding hydrogens is 406 g/mol. The van der Waals surface area contributed by atoms with Gasteiger partial charge in [-0.1, -0.05) is 17.4 Å². The molecule has 1 aliphatic rings. The van der Waals surface area contributed by atoms with Crippen molar-refractivity contribution in [3.8, 4) is 11.5 Å². The summed E-state index contributed by atoms with van der Waals surface area (Å²) in [4.78, 5) is 32.3. The quantitative estimate of drug-likeness (QED) is 0.650. The molecule has 0 spiro atoms. The summed E-state index contributed by atoms with van der Waals surface area (Å²) in [5, 5.41) is 3.32. The Kier molecular flexibility index (Phi) is 5.71. The van der Waals surface area contributed by atoms with E-state index in [1.165, 1.54) is 23.9 Å². The van der Waals surface area contributed by atoms with Crippen LogP contribution in [0.5, 0.6) is 11.5 Å². The zero-order valence-electron chi connectivity index (χ0n) is 16.6. The summed E-state index contributed by atoms with van der Waals surface area (Å²) in [5.74, 6) is 0.997. The summed E-state index contributed by atoms with van der Waals surface area (Å²) in [5.41, 5.74) is 2.23. The van der Waals surface area contributed by atoms with Crippen LogP contribution in [0.1, 0.15) is 26.5 Å². The second-order valence-corrected chi connectivity index (χ2v) is 7.87. The fraction of sp³-hybridized carbons (Fsp3) is 0.286. The molecule has 0 saturated heterocycles. The van der Waals surface area contributed by atoms with E-state index in [-0.39, 0.29) is 18.2 Å². The number of benzene rings is 1. The molecule has 3 heterocycles. The van der Waals surface area contributed by atoms with Gasteiger partial charge in [0.05, 0.1) is 44.7 Å². The zero-order chi connectivity index (χ0) is 21.1. The highest BCUT2D eigenvalue weighted by atomic mass is 32.1. The number of hydrogen-bond acceptors (Lipinski definition) is 7. The highest BCUT2D eigenvalue weighted by Gasteiger charge is 2.25. The smallest absolute Gasteiger partial charge is 0.260 e. The average molecular weight is 427 g/mol. The fourth-order valence-electron chi connectivity index (χ4n) is 3.30. The van der Waals surface area contributed by atoms with Crippen LogP contribution < -0.4 is 14.8 Å². The predicted molar refractivity (Wildman–Crippen MR) is 111 cm³/mol. The summed E-state index contributed by atoms with van der Waals surface area (Å²) in [6.07, 6.45) is 3.77. The van der Waals surface area contributed by atoms with Gasteiger partial charge in [-0.05, 0) is 23.8 Å². The maximum atomic E-state index is 12.8. The van der Waals surface area contributed by atoms with Crippen LogP contribution in [0.4, 0.5) is 5.13 Å². The normalized spacial score (nSPS) is 12.9. The van der Waals surface area contributed by atoms with Gasteiger partial charge in [0.15, 0.2) is 16.6 Å². The number of rotatable bonds is 6. The summed E-state index contributed by atoms with van der Waals surface area (Å²) < 4.78 is 15.5. The van der Waals surface area contributed by atoms with E-state index in [9.17, 15) is 9.59 Å². The Bertz CT molecular complexity index is 1060. The molecule has 2 amide bonds. The van der Waals surface area contributed by atoms with Gasteiger partial charge in [0.25, 0.3) is 5.91 Å². The minimum absolute atomic E-state index is 0.0326. The van der Waals surface area contributed by atoms with E-state index in [0.29, 0.717) is 41.7 Å². The Morgan fingerprint density at radius 3 is 2.80 bits per heavy atom. The van der Waals surface area contributed by atoms with Crippen LogP contribution in [-0.4, -0.2) is 42.5 Å². The van der Waals surface area contributed by atoms with Crippen LogP contribution in [0.15, 0.2) is 41.2 Å².